The summed E-state index contributed by atoms with van der Waals surface area (Å²) in [7, 11) is 5.17. The third-order valence-corrected chi connectivity index (χ3v) is 5.56. The van der Waals surface area contributed by atoms with E-state index in [1.165, 1.54) is 18.1 Å². The van der Waals surface area contributed by atoms with Crippen LogP contribution in [0, 0.1) is 5.92 Å². The number of aliphatic hydroxyl groups excluding tert-OH is 1. The Morgan fingerprint density at radius 3 is 2.38 bits per heavy atom. The summed E-state index contributed by atoms with van der Waals surface area (Å²) in [5.74, 6) is -0.537. The predicted octanol–water partition coefficient (Wildman–Crippen LogP) is 3.42. The molecule has 2 aromatic rings. The van der Waals surface area contributed by atoms with Crippen molar-refractivity contribution in [1.82, 2.24) is 9.80 Å². The van der Waals surface area contributed by atoms with Crippen LogP contribution in [0.2, 0.25) is 0 Å². The predicted molar refractivity (Wildman–Crippen MR) is 129 cm³/mol. The van der Waals surface area contributed by atoms with E-state index in [9.17, 15) is 19.8 Å². The molecule has 1 amide bonds. The average Bonchev–Trinajstić information content (AvgIpc) is 3.06. The number of benzene rings is 2. The van der Waals surface area contributed by atoms with Crippen molar-refractivity contribution in [3.8, 4) is 17.2 Å². The van der Waals surface area contributed by atoms with Gasteiger partial charge in [0.05, 0.1) is 25.3 Å². The van der Waals surface area contributed by atoms with Crippen LogP contribution < -0.4 is 9.47 Å². The summed E-state index contributed by atoms with van der Waals surface area (Å²) in [5, 5.41) is 21.2. The molecule has 0 saturated carbocycles. The first kappa shape index (κ1) is 25.1. The highest BCUT2D eigenvalue weighted by Crippen LogP contribution is 2.41. The maximum atomic E-state index is 13.1. The van der Waals surface area contributed by atoms with Crippen molar-refractivity contribution in [2.24, 2.45) is 5.92 Å². The van der Waals surface area contributed by atoms with Crippen LogP contribution in [0.1, 0.15) is 31.0 Å². The van der Waals surface area contributed by atoms with Gasteiger partial charge in [0.25, 0.3) is 11.7 Å². The fourth-order valence-corrected chi connectivity index (χ4v) is 3.76. The van der Waals surface area contributed by atoms with Crippen LogP contribution in [0.25, 0.3) is 5.76 Å². The molecule has 1 aliphatic heterocycles. The Kier molecular flexibility index (Phi) is 7.83. The number of carbonyl (C=O) groups is 2. The first-order chi connectivity index (χ1) is 16.1. The number of hydrogen-bond acceptors (Lipinski definition) is 7. The Morgan fingerprint density at radius 1 is 1.12 bits per heavy atom. The maximum absolute atomic E-state index is 13.1. The molecule has 2 aromatic carbocycles. The average molecular weight is 469 g/mol. The quantitative estimate of drug-likeness (QED) is 0.330. The summed E-state index contributed by atoms with van der Waals surface area (Å²) >= 11 is 0. The molecule has 0 spiro atoms. The summed E-state index contributed by atoms with van der Waals surface area (Å²) < 4.78 is 10.9. The van der Waals surface area contributed by atoms with Gasteiger partial charge in [0, 0.05) is 18.7 Å². The number of methoxy groups -OCH3 is 1. The molecule has 0 aliphatic carbocycles. The van der Waals surface area contributed by atoms with Crippen molar-refractivity contribution in [3.05, 3.63) is 59.2 Å². The molecule has 182 valence electrons. The number of ketones is 1. The number of likely N-dealkylation sites (N-methyl/N-ethyl adjacent to an activating group) is 1. The zero-order valence-corrected chi connectivity index (χ0v) is 20.2. The molecule has 0 aromatic heterocycles. The molecule has 2 N–H and O–H groups in total. The molecule has 1 heterocycles. The van der Waals surface area contributed by atoms with Crippen LogP contribution in [-0.4, -0.2) is 72.6 Å². The SMILES string of the molecule is COc1cc([C@@H]2/C(=C(\O)c3ccc(OCC(C)C)cc3)C(=O)C(=O)N2CCN(C)C)ccc1O. The molecular formula is C26H32N2O6. The van der Waals surface area contributed by atoms with Gasteiger partial charge in [-0.1, -0.05) is 19.9 Å². The molecule has 0 radical (unpaired) electrons. The summed E-state index contributed by atoms with van der Waals surface area (Å²) in [6.07, 6.45) is 0. The van der Waals surface area contributed by atoms with Gasteiger partial charge in [0.2, 0.25) is 0 Å². The number of nitrogens with zero attached hydrogens (tertiary/aromatic N) is 2. The third kappa shape index (κ3) is 5.34. The number of aliphatic hydroxyl groups is 1. The fraction of sp³-hybridized carbons (Fsp3) is 0.385. The molecule has 1 fully saturated rings. The van der Waals surface area contributed by atoms with E-state index in [0.29, 0.717) is 35.9 Å². The van der Waals surface area contributed by atoms with Crippen molar-refractivity contribution < 1.29 is 29.3 Å². The van der Waals surface area contributed by atoms with Crippen molar-refractivity contribution in [2.75, 3.05) is 40.9 Å². The molecular weight excluding hydrogens is 436 g/mol. The second kappa shape index (κ2) is 10.6. The Bertz CT molecular complexity index is 1080. The number of rotatable bonds is 9. The number of hydrogen-bond donors (Lipinski definition) is 2. The van der Waals surface area contributed by atoms with Crippen LogP contribution in [-0.2, 0) is 9.59 Å². The van der Waals surface area contributed by atoms with Gasteiger partial charge in [-0.2, -0.15) is 0 Å². The number of aromatic hydroxyl groups is 1. The highest BCUT2D eigenvalue weighted by Gasteiger charge is 2.46. The van der Waals surface area contributed by atoms with Crippen LogP contribution in [0.15, 0.2) is 48.0 Å². The van der Waals surface area contributed by atoms with Crippen LogP contribution in [0.4, 0.5) is 0 Å². The second-order valence-corrected chi connectivity index (χ2v) is 8.96. The smallest absolute Gasteiger partial charge is 0.295 e. The first-order valence-electron chi connectivity index (χ1n) is 11.2. The van der Waals surface area contributed by atoms with Crippen LogP contribution in [0.5, 0.6) is 17.2 Å². The molecule has 34 heavy (non-hydrogen) atoms. The number of Topliss-reactive ketones (excluding diaryl/α,β-unsaturated/α-hetero) is 1. The standard InChI is InChI=1S/C26H32N2O6/c1-16(2)15-34-19-9-6-17(7-10-19)24(30)22-23(18-8-11-20(29)21(14-18)33-5)28(13-12-27(3)4)26(32)25(22)31/h6-11,14,16,23,29-30H,12-13,15H2,1-5H3/b24-22+/t23-/m1/s1. The molecule has 0 bridgehead atoms. The summed E-state index contributed by atoms with van der Waals surface area (Å²) in [4.78, 5) is 29.4. The number of phenolic OH excluding ortho intramolecular Hbond substituents is 1. The first-order valence-corrected chi connectivity index (χ1v) is 11.2. The Morgan fingerprint density at radius 2 is 1.79 bits per heavy atom. The van der Waals surface area contributed by atoms with Crippen molar-refractivity contribution in [1.29, 1.82) is 0 Å². The topological polar surface area (TPSA) is 99.5 Å². The van der Waals surface area contributed by atoms with Crippen molar-refractivity contribution in [2.45, 2.75) is 19.9 Å². The largest absolute Gasteiger partial charge is 0.507 e. The lowest BCUT2D eigenvalue weighted by atomic mass is 9.95. The molecule has 1 saturated heterocycles. The van der Waals surface area contributed by atoms with E-state index in [1.54, 1.807) is 36.4 Å². The molecule has 8 nitrogen and oxygen atoms in total. The number of phenols is 1. The van der Waals surface area contributed by atoms with E-state index in [2.05, 4.69) is 0 Å². The van der Waals surface area contributed by atoms with E-state index in [4.69, 9.17) is 9.47 Å². The van der Waals surface area contributed by atoms with Gasteiger partial charge >= 0.3 is 0 Å². The van der Waals surface area contributed by atoms with Crippen molar-refractivity contribution in [3.63, 3.8) is 0 Å². The lowest BCUT2D eigenvalue weighted by molar-refractivity contribution is -0.140. The highest BCUT2D eigenvalue weighted by atomic mass is 16.5. The van der Waals surface area contributed by atoms with Gasteiger partial charge < -0.3 is 29.5 Å². The Hall–Kier alpha value is -3.52. The molecule has 0 unspecified atom stereocenters. The van der Waals surface area contributed by atoms with Crippen molar-refractivity contribution >= 4 is 17.4 Å². The van der Waals surface area contributed by atoms with Gasteiger partial charge in [-0.05, 0) is 62.0 Å². The minimum atomic E-state index is -0.827. The second-order valence-electron chi connectivity index (χ2n) is 8.96. The number of likely N-dealkylation sites (tertiary alicyclic amines) is 1. The van der Waals surface area contributed by atoms with Gasteiger partial charge in [-0.15, -0.1) is 0 Å². The van der Waals surface area contributed by atoms with Crippen LogP contribution >= 0.6 is 0 Å². The number of amides is 1. The zero-order chi connectivity index (χ0) is 25.0. The zero-order valence-electron chi connectivity index (χ0n) is 20.2. The van der Waals surface area contributed by atoms with E-state index in [-0.39, 0.29) is 29.4 Å². The summed E-state index contributed by atoms with van der Waals surface area (Å²) in [5.41, 5.74) is 0.941. The molecule has 1 atom stereocenters. The number of carbonyl (C=O) groups excluding carboxylic acids is 2. The van der Waals surface area contributed by atoms with E-state index >= 15 is 0 Å². The van der Waals surface area contributed by atoms with E-state index in [0.717, 1.165) is 0 Å². The van der Waals surface area contributed by atoms with Gasteiger partial charge in [0.1, 0.15) is 11.5 Å². The highest BCUT2D eigenvalue weighted by molar-refractivity contribution is 6.46. The Balaban J connectivity index is 2.07. The molecule has 8 heteroatoms. The monoisotopic (exact) mass is 468 g/mol. The number of ether oxygens (including phenoxy) is 2. The minimum absolute atomic E-state index is 0.00709. The lowest BCUT2D eigenvalue weighted by Gasteiger charge is -2.27. The van der Waals surface area contributed by atoms with Gasteiger partial charge in [-0.25, -0.2) is 0 Å². The fourth-order valence-electron chi connectivity index (χ4n) is 3.76. The van der Waals surface area contributed by atoms with Gasteiger partial charge in [-0.3, -0.25) is 9.59 Å². The van der Waals surface area contributed by atoms with E-state index in [1.807, 2.05) is 32.8 Å². The molecule has 3 rings (SSSR count). The summed E-state index contributed by atoms with van der Waals surface area (Å²) in [6.45, 7) is 5.47. The molecule has 1 aliphatic rings. The lowest BCUT2D eigenvalue weighted by Crippen LogP contribution is -2.35. The summed E-state index contributed by atoms with van der Waals surface area (Å²) in [6, 6.07) is 10.6. The maximum Gasteiger partial charge on any atom is 0.295 e. The normalized spacial score (nSPS) is 17.6. The van der Waals surface area contributed by atoms with Crippen LogP contribution in [0.3, 0.4) is 0 Å². The van der Waals surface area contributed by atoms with E-state index < -0.39 is 17.7 Å². The third-order valence-electron chi connectivity index (χ3n) is 5.56. The van der Waals surface area contributed by atoms with Gasteiger partial charge in [0.15, 0.2) is 11.5 Å². The minimum Gasteiger partial charge on any atom is -0.507 e. The Labute approximate surface area is 200 Å².